The van der Waals surface area contributed by atoms with Crippen molar-refractivity contribution in [3.05, 3.63) is 29.8 Å². The molecule has 0 aliphatic carbocycles. The Morgan fingerprint density at radius 1 is 1.25 bits per heavy atom. The first-order chi connectivity index (χ1) is 7.56. The number of alkyl halides is 3. The number of nitrogens with two attached hydrogens (primary N) is 1. The molecule has 88 valence electrons. The molecule has 0 saturated carbocycles. The predicted octanol–water partition coefficient (Wildman–Crippen LogP) is 1.98. The Hall–Kier alpha value is -1.23. The number of benzene rings is 1. The van der Waals surface area contributed by atoms with Crippen LogP contribution in [0.3, 0.4) is 0 Å². The van der Waals surface area contributed by atoms with Crippen molar-refractivity contribution >= 4 is 0 Å². The summed E-state index contributed by atoms with van der Waals surface area (Å²) < 4.78 is 40.6. The van der Waals surface area contributed by atoms with Gasteiger partial charge in [-0.25, -0.2) is 0 Å². The lowest BCUT2D eigenvalue weighted by Gasteiger charge is -2.15. The van der Waals surface area contributed by atoms with E-state index < -0.39 is 6.36 Å². The quantitative estimate of drug-likeness (QED) is 0.829. The third kappa shape index (κ3) is 2.66. The maximum Gasteiger partial charge on any atom is 0.573 e. The SMILES string of the molecule is FC(F)(F)Oc1ccccc1[C@H]1CCC[NH2+]1. The van der Waals surface area contributed by atoms with Crippen molar-refractivity contribution in [3.63, 3.8) is 0 Å². The van der Waals surface area contributed by atoms with Crippen molar-refractivity contribution in [3.8, 4) is 5.75 Å². The van der Waals surface area contributed by atoms with Gasteiger partial charge in [-0.1, -0.05) is 12.1 Å². The lowest BCUT2D eigenvalue weighted by Crippen LogP contribution is -2.81. The van der Waals surface area contributed by atoms with Crippen molar-refractivity contribution in [2.75, 3.05) is 6.54 Å². The second kappa shape index (κ2) is 4.33. The van der Waals surface area contributed by atoms with Crippen LogP contribution in [0.5, 0.6) is 5.75 Å². The fourth-order valence-corrected chi connectivity index (χ4v) is 2.06. The molecule has 0 bridgehead atoms. The van der Waals surface area contributed by atoms with Crippen molar-refractivity contribution in [2.45, 2.75) is 25.2 Å². The first kappa shape index (κ1) is 11.3. The van der Waals surface area contributed by atoms with Crippen LogP contribution in [0.4, 0.5) is 13.2 Å². The van der Waals surface area contributed by atoms with E-state index in [1.54, 1.807) is 18.2 Å². The second-order valence-corrected chi connectivity index (χ2v) is 3.86. The van der Waals surface area contributed by atoms with Gasteiger partial charge in [-0.15, -0.1) is 13.2 Å². The van der Waals surface area contributed by atoms with Crippen molar-refractivity contribution in [1.82, 2.24) is 0 Å². The van der Waals surface area contributed by atoms with Gasteiger partial charge in [0.25, 0.3) is 0 Å². The second-order valence-electron chi connectivity index (χ2n) is 3.86. The molecule has 1 saturated heterocycles. The predicted molar refractivity (Wildman–Crippen MR) is 51.9 cm³/mol. The molecule has 2 nitrogen and oxygen atoms in total. The number of para-hydroxylation sites is 1. The van der Waals surface area contributed by atoms with Gasteiger partial charge in [-0.2, -0.15) is 0 Å². The molecule has 2 rings (SSSR count). The van der Waals surface area contributed by atoms with Gasteiger partial charge < -0.3 is 10.1 Å². The van der Waals surface area contributed by atoms with Gasteiger partial charge in [0, 0.05) is 12.8 Å². The smallest absolute Gasteiger partial charge is 0.405 e. The van der Waals surface area contributed by atoms with Crippen molar-refractivity contribution < 1.29 is 23.2 Å². The number of halogens is 3. The molecule has 2 N–H and O–H groups in total. The highest BCUT2D eigenvalue weighted by molar-refractivity contribution is 5.35. The first-order valence-electron chi connectivity index (χ1n) is 5.24. The van der Waals surface area contributed by atoms with E-state index in [1.165, 1.54) is 6.07 Å². The number of hydrogen-bond donors (Lipinski definition) is 1. The fourth-order valence-electron chi connectivity index (χ4n) is 2.06. The highest BCUT2D eigenvalue weighted by Crippen LogP contribution is 2.31. The summed E-state index contributed by atoms with van der Waals surface area (Å²) in [5, 5.41) is 2.05. The normalized spacial score (nSPS) is 21.1. The molecule has 0 spiro atoms. The first-order valence-corrected chi connectivity index (χ1v) is 5.24. The molecule has 1 atom stereocenters. The largest absolute Gasteiger partial charge is 0.573 e. The summed E-state index contributed by atoms with van der Waals surface area (Å²) in [5.74, 6) is -0.0712. The third-order valence-corrected chi connectivity index (χ3v) is 2.71. The average Bonchev–Trinajstić information content (AvgIpc) is 2.69. The minimum absolute atomic E-state index is 0.0712. The van der Waals surface area contributed by atoms with Crippen LogP contribution in [0.15, 0.2) is 24.3 Å². The summed E-state index contributed by atoms with van der Waals surface area (Å²) in [5.41, 5.74) is 0.636. The Kier molecular flexibility index (Phi) is 3.05. The molecule has 0 aromatic heterocycles. The minimum Gasteiger partial charge on any atom is -0.405 e. The Morgan fingerprint density at radius 2 is 2.00 bits per heavy atom. The Balaban J connectivity index is 2.23. The lowest BCUT2D eigenvalue weighted by molar-refractivity contribution is -0.676. The topological polar surface area (TPSA) is 25.8 Å². The van der Waals surface area contributed by atoms with Gasteiger partial charge in [0.05, 0.1) is 12.1 Å². The van der Waals surface area contributed by atoms with Crippen LogP contribution >= 0.6 is 0 Å². The Bertz CT molecular complexity index is 358. The Labute approximate surface area is 91.4 Å². The number of hydrogen-bond acceptors (Lipinski definition) is 1. The highest BCUT2D eigenvalue weighted by Gasteiger charge is 2.34. The average molecular weight is 232 g/mol. The summed E-state index contributed by atoms with van der Waals surface area (Å²) in [6.07, 6.45) is -2.68. The van der Waals surface area contributed by atoms with E-state index in [0.717, 1.165) is 19.4 Å². The van der Waals surface area contributed by atoms with E-state index in [0.29, 0.717) is 5.56 Å². The molecule has 1 heterocycles. The van der Waals surface area contributed by atoms with Gasteiger partial charge in [-0.3, -0.25) is 0 Å². The highest BCUT2D eigenvalue weighted by atomic mass is 19.4. The Morgan fingerprint density at radius 3 is 2.62 bits per heavy atom. The van der Waals surface area contributed by atoms with Crippen LogP contribution in [0, 0.1) is 0 Å². The van der Waals surface area contributed by atoms with Gasteiger partial charge in [0.15, 0.2) is 0 Å². The molecule has 0 amide bonds. The molecule has 5 heteroatoms. The molecule has 0 unspecified atom stereocenters. The number of ether oxygens (including phenoxy) is 1. The van der Waals surface area contributed by atoms with Crippen LogP contribution in [0.2, 0.25) is 0 Å². The summed E-state index contributed by atoms with van der Waals surface area (Å²) in [6, 6.07) is 6.46. The van der Waals surface area contributed by atoms with Gasteiger partial charge in [-0.05, 0) is 12.1 Å². The fraction of sp³-hybridized carbons (Fsp3) is 0.455. The molecule has 0 radical (unpaired) electrons. The molecule has 1 aromatic rings. The van der Waals surface area contributed by atoms with Crippen LogP contribution in [0.1, 0.15) is 24.4 Å². The maximum atomic E-state index is 12.2. The lowest BCUT2D eigenvalue weighted by atomic mass is 10.0. The van der Waals surface area contributed by atoms with E-state index in [9.17, 15) is 13.2 Å². The zero-order valence-electron chi connectivity index (χ0n) is 8.63. The number of quaternary nitrogens is 1. The van der Waals surface area contributed by atoms with E-state index in [2.05, 4.69) is 10.1 Å². The van der Waals surface area contributed by atoms with Crippen LogP contribution in [-0.2, 0) is 0 Å². The molecule has 1 aliphatic rings. The van der Waals surface area contributed by atoms with E-state index in [-0.39, 0.29) is 11.8 Å². The van der Waals surface area contributed by atoms with Crippen LogP contribution in [0.25, 0.3) is 0 Å². The molecular weight excluding hydrogens is 219 g/mol. The van der Waals surface area contributed by atoms with E-state index in [1.807, 2.05) is 0 Å². The van der Waals surface area contributed by atoms with E-state index >= 15 is 0 Å². The number of rotatable bonds is 2. The molecule has 1 aromatic carbocycles. The van der Waals surface area contributed by atoms with E-state index in [4.69, 9.17) is 0 Å². The molecule has 16 heavy (non-hydrogen) atoms. The third-order valence-electron chi connectivity index (χ3n) is 2.71. The summed E-state index contributed by atoms with van der Waals surface area (Å²) in [7, 11) is 0. The van der Waals surface area contributed by atoms with Gasteiger partial charge in [0.2, 0.25) is 0 Å². The monoisotopic (exact) mass is 232 g/mol. The molecule has 1 aliphatic heterocycles. The standard InChI is InChI=1S/C11H12F3NO/c12-11(13,14)16-10-6-2-1-4-8(10)9-5-3-7-15-9/h1-2,4,6,9,15H,3,5,7H2/p+1/t9-/m1/s1. The summed E-state index contributed by atoms with van der Waals surface area (Å²) in [6.45, 7) is 0.963. The van der Waals surface area contributed by atoms with Crippen molar-refractivity contribution in [2.24, 2.45) is 0 Å². The molecular formula is C11H13F3NO+. The van der Waals surface area contributed by atoms with Crippen LogP contribution < -0.4 is 10.1 Å². The van der Waals surface area contributed by atoms with Crippen LogP contribution in [-0.4, -0.2) is 12.9 Å². The molecule has 1 fully saturated rings. The van der Waals surface area contributed by atoms with Crippen molar-refractivity contribution in [1.29, 1.82) is 0 Å². The van der Waals surface area contributed by atoms with Gasteiger partial charge >= 0.3 is 6.36 Å². The zero-order valence-corrected chi connectivity index (χ0v) is 8.63. The summed E-state index contributed by atoms with van der Waals surface area (Å²) >= 11 is 0. The maximum absolute atomic E-state index is 12.2. The minimum atomic E-state index is -4.62. The zero-order chi connectivity index (χ0) is 11.6. The van der Waals surface area contributed by atoms with Gasteiger partial charge in [0.1, 0.15) is 11.8 Å². The summed E-state index contributed by atoms with van der Waals surface area (Å²) in [4.78, 5) is 0.